The Labute approximate surface area is 192 Å². The lowest BCUT2D eigenvalue weighted by molar-refractivity contribution is -0.274. The summed E-state index contributed by atoms with van der Waals surface area (Å²) in [6.07, 6.45) is -4.67. The van der Waals surface area contributed by atoms with Gasteiger partial charge in [-0.05, 0) is 43.4 Å². The van der Waals surface area contributed by atoms with Crippen LogP contribution in [0.5, 0.6) is 5.75 Å². The molecule has 1 atom stereocenters. The molecule has 0 fully saturated rings. The topological polar surface area (TPSA) is 67.4 Å². The molecule has 33 heavy (non-hydrogen) atoms. The van der Waals surface area contributed by atoms with Gasteiger partial charge in [0.25, 0.3) is 0 Å². The summed E-state index contributed by atoms with van der Waals surface area (Å²) in [6, 6.07) is 9.66. The predicted octanol–water partition coefficient (Wildman–Crippen LogP) is 4.72. The number of hydrogen-bond acceptors (Lipinski definition) is 6. The summed E-state index contributed by atoms with van der Waals surface area (Å²) in [7, 11) is 3.77. The highest BCUT2D eigenvalue weighted by Crippen LogP contribution is 2.32. The number of aromatic nitrogens is 2. The van der Waals surface area contributed by atoms with Crippen LogP contribution in [0.15, 0.2) is 42.5 Å². The molecule has 0 radical (unpaired) electrons. The number of hydrogen-bond donors (Lipinski definition) is 1. The highest BCUT2D eigenvalue weighted by atomic mass is 32.1. The van der Waals surface area contributed by atoms with Gasteiger partial charge in [0.15, 0.2) is 0 Å². The van der Waals surface area contributed by atoms with E-state index in [0.29, 0.717) is 27.7 Å². The predicted molar refractivity (Wildman–Crippen MR) is 116 cm³/mol. The standard InChI is InChI=1S/C22H22F4N4O2S/c1-13(31)27-19(11-15-8-7-14(9-18(15)23)12-30(2)3)21-29-28-20(33-21)16-5-4-6-17(10-16)32-22(24,25)26/h4-10,19H,11-12H2,1-3H3,(H,27,31). The normalized spacial score (nSPS) is 12.6. The van der Waals surface area contributed by atoms with E-state index in [9.17, 15) is 22.4 Å². The summed E-state index contributed by atoms with van der Waals surface area (Å²) in [5.41, 5.74) is 1.59. The van der Waals surface area contributed by atoms with Gasteiger partial charge in [-0.1, -0.05) is 35.6 Å². The Morgan fingerprint density at radius 3 is 2.58 bits per heavy atom. The molecule has 1 amide bonds. The van der Waals surface area contributed by atoms with Crippen LogP contribution in [0.2, 0.25) is 0 Å². The molecule has 0 saturated heterocycles. The molecule has 0 spiro atoms. The van der Waals surface area contributed by atoms with Crippen molar-refractivity contribution in [2.75, 3.05) is 14.1 Å². The van der Waals surface area contributed by atoms with E-state index in [1.807, 2.05) is 25.1 Å². The van der Waals surface area contributed by atoms with Crippen LogP contribution in [0.3, 0.4) is 0 Å². The minimum atomic E-state index is -4.81. The average Bonchev–Trinajstić information content (AvgIpc) is 3.18. The number of ether oxygens (including phenoxy) is 1. The van der Waals surface area contributed by atoms with Crippen LogP contribution in [-0.4, -0.2) is 41.5 Å². The number of alkyl halides is 3. The lowest BCUT2D eigenvalue weighted by atomic mass is 10.0. The Hall–Kier alpha value is -3.05. The first-order valence-corrected chi connectivity index (χ1v) is 10.7. The zero-order chi connectivity index (χ0) is 24.2. The van der Waals surface area contributed by atoms with Crippen molar-refractivity contribution in [2.45, 2.75) is 32.3 Å². The molecule has 0 aliphatic rings. The van der Waals surface area contributed by atoms with Crippen molar-refractivity contribution >= 4 is 17.2 Å². The van der Waals surface area contributed by atoms with Crippen LogP contribution >= 0.6 is 11.3 Å². The number of halogens is 4. The lowest BCUT2D eigenvalue weighted by Gasteiger charge is -2.16. The minimum absolute atomic E-state index is 0.138. The molecular formula is C22H22F4N4O2S. The third-order valence-corrected chi connectivity index (χ3v) is 5.56. The fraction of sp³-hybridized carbons (Fsp3) is 0.318. The van der Waals surface area contributed by atoms with Gasteiger partial charge in [0.05, 0.1) is 6.04 Å². The number of carbonyl (C=O) groups excluding carboxylic acids is 1. The zero-order valence-electron chi connectivity index (χ0n) is 18.1. The van der Waals surface area contributed by atoms with Gasteiger partial charge in [-0.3, -0.25) is 4.79 Å². The molecule has 1 unspecified atom stereocenters. The third kappa shape index (κ3) is 7.22. The number of amides is 1. The zero-order valence-corrected chi connectivity index (χ0v) is 18.9. The van der Waals surface area contributed by atoms with Crippen molar-refractivity contribution in [1.29, 1.82) is 0 Å². The van der Waals surface area contributed by atoms with Gasteiger partial charge in [0.2, 0.25) is 5.91 Å². The summed E-state index contributed by atoms with van der Waals surface area (Å²) in [6.45, 7) is 1.92. The number of carbonyl (C=O) groups is 1. The molecule has 1 N–H and O–H groups in total. The number of rotatable bonds is 8. The van der Waals surface area contributed by atoms with Gasteiger partial charge in [-0.15, -0.1) is 23.4 Å². The van der Waals surface area contributed by atoms with Gasteiger partial charge >= 0.3 is 6.36 Å². The van der Waals surface area contributed by atoms with E-state index in [0.717, 1.165) is 16.9 Å². The largest absolute Gasteiger partial charge is 0.573 e. The van der Waals surface area contributed by atoms with E-state index in [-0.39, 0.29) is 18.1 Å². The number of nitrogens with zero attached hydrogens (tertiary/aromatic N) is 3. The first-order chi connectivity index (χ1) is 15.5. The third-order valence-electron chi connectivity index (χ3n) is 4.47. The van der Waals surface area contributed by atoms with Gasteiger partial charge in [0.1, 0.15) is 21.6 Å². The molecule has 0 saturated carbocycles. The molecule has 0 aliphatic heterocycles. The van der Waals surface area contributed by atoms with Crippen molar-refractivity contribution in [1.82, 2.24) is 20.4 Å². The summed E-state index contributed by atoms with van der Waals surface area (Å²) in [5.74, 6) is -1.11. The maximum Gasteiger partial charge on any atom is 0.573 e. The van der Waals surface area contributed by atoms with E-state index < -0.39 is 18.2 Å². The fourth-order valence-electron chi connectivity index (χ4n) is 3.20. The molecule has 11 heteroatoms. The molecule has 176 valence electrons. The highest BCUT2D eigenvalue weighted by molar-refractivity contribution is 7.14. The van der Waals surface area contributed by atoms with Crippen LogP contribution in [0.1, 0.15) is 29.1 Å². The maximum absolute atomic E-state index is 14.7. The minimum Gasteiger partial charge on any atom is -0.406 e. The average molecular weight is 483 g/mol. The molecule has 6 nitrogen and oxygen atoms in total. The first kappa shape index (κ1) is 24.6. The second kappa shape index (κ2) is 10.3. The van der Waals surface area contributed by atoms with Crippen molar-refractivity contribution in [2.24, 2.45) is 0 Å². The van der Waals surface area contributed by atoms with E-state index in [1.54, 1.807) is 12.1 Å². The monoisotopic (exact) mass is 482 g/mol. The van der Waals surface area contributed by atoms with Crippen molar-refractivity contribution in [3.05, 3.63) is 64.4 Å². The van der Waals surface area contributed by atoms with Gasteiger partial charge < -0.3 is 15.0 Å². The Kier molecular flexibility index (Phi) is 7.65. The number of nitrogens with one attached hydrogen (secondary N) is 1. The van der Waals surface area contributed by atoms with Gasteiger partial charge in [-0.2, -0.15) is 0 Å². The van der Waals surface area contributed by atoms with Gasteiger partial charge in [0, 0.05) is 25.5 Å². The van der Waals surface area contributed by atoms with Crippen molar-refractivity contribution < 1.29 is 27.1 Å². The van der Waals surface area contributed by atoms with E-state index in [2.05, 4.69) is 20.3 Å². The van der Waals surface area contributed by atoms with E-state index in [4.69, 9.17) is 0 Å². The molecule has 0 aliphatic carbocycles. The number of benzene rings is 2. The smallest absolute Gasteiger partial charge is 0.406 e. The van der Waals surface area contributed by atoms with Crippen molar-refractivity contribution in [3.8, 4) is 16.3 Å². The van der Waals surface area contributed by atoms with Crippen LogP contribution in [0.4, 0.5) is 17.6 Å². The Balaban J connectivity index is 1.84. The second-order valence-electron chi connectivity index (χ2n) is 7.64. The molecule has 3 rings (SSSR count). The summed E-state index contributed by atoms with van der Waals surface area (Å²) >= 11 is 1.10. The molecule has 1 aromatic heterocycles. The van der Waals surface area contributed by atoms with E-state index >= 15 is 0 Å². The Bertz CT molecular complexity index is 1120. The summed E-state index contributed by atoms with van der Waals surface area (Å²) in [5, 5.41) is 11.6. The first-order valence-electron chi connectivity index (χ1n) is 9.89. The quantitative estimate of drug-likeness (QED) is 0.471. The SMILES string of the molecule is CC(=O)NC(Cc1ccc(CN(C)C)cc1F)c1nnc(-c2cccc(OC(F)(F)F)c2)s1. The Morgan fingerprint density at radius 1 is 1.18 bits per heavy atom. The van der Waals surface area contributed by atoms with E-state index in [1.165, 1.54) is 31.2 Å². The van der Waals surface area contributed by atoms with Crippen molar-refractivity contribution in [3.63, 3.8) is 0 Å². The molecule has 1 heterocycles. The van der Waals surface area contributed by atoms with Crippen LogP contribution in [0.25, 0.3) is 10.6 Å². The summed E-state index contributed by atoms with van der Waals surface area (Å²) in [4.78, 5) is 13.7. The highest BCUT2D eigenvalue weighted by Gasteiger charge is 2.31. The maximum atomic E-state index is 14.7. The van der Waals surface area contributed by atoms with Gasteiger partial charge in [-0.25, -0.2) is 4.39 Å². The summed E-state index contributed by atoms with van der Waals surface area (Å²) < 4.78 is 56.2. The molecule has 0 bridgehead atoms. The molecular weight excluding hydrogens is 460 g/mol. The molecule has 3 aromatic rings. The van der Waals surface area contributed by atoms with Crippen LogP contribution in [-0.2, 0) is 17.8 Å². The van der Waals surface area contributed by atoms with Crippen LogP contribution < -0.4 is 10.1 Å². The Morgan fingerprint density at radius 2 is 1.94 bits per heavy atom. The lowest BCUT2D eigenvalue weighted by Crippen LogP contribution is -2.28. The van der Waals surface area contributed by atoms with Crippen LogP contribution in [0, 0.1) is 5.82 Å². The molecule has 2 aromatic carbocycles. The second-order valence-corrected chi connectivity index (χ2v) is 8.65. The fourth-order valence-corrected chi connectivity index (χ4v) is 4.09.